The van der Waals surface area contributed by atoms with E-state index in [9.17, 15) is 23.2 Å². The molecule has 1 aliphatic heterocycles. The molecule has 0 amide bonds. The summed E-state index contributed by atoms with van der Waals surface area (Å²) in [6.07, 6.45) is -1.91. The molecular weight excluding hydrogens is 413 g/mol. The number of fused-ring (bicyclic) bond motifs is 1. The van der Waals surface area contributed by atoms with E-state index < -0.39 is 23.1 Å². The number of benzene rings is 1. The van der Waals surface area contributed by atoms with Crippen molar-refractivity contribution in [1.82, 2.24) is 5.32 Å². The topological polar surface area (TPSA) is 88.8 Å². The largest absolute Gasteiger partial charge is 0.416 e. The number of ketones is 1. The SMILES string of the molecule is C=CC1(CC#N)N/C(=C(\SC)C(=N)C(C)=O)Nc2c(Cl)cc(C(F)(F)F)cc21. The highest BCUT2D eigenvalue weighted by Gasteiger charge is 2.41. The first-order valence-electron chi connectivity index (χ1n) is 7.85. The fourth-order valence-electron chi connectivity index (χ4n) is 2.80. The predicted octanol–water partition coefficient (Wildman–Crippen LogP) is 4.81. The Morgan fingerprint density at radius 1 is 1.50 bits per heavy atom. The number of allylic oxidation sites excluding steroid dienone is 1. The molecule has 10 heteroatoms. The van der Waals surface area contributed by atoms with Crippen molar-refractivity contribution in [1.29, 1.82) is 10.7 Å². The van der Waals surface area contributed by atoms with Gasteiger partial charge in [0.05, 0.1) is 39.2 Å². The first-order valence-corrected chi connectivity index (χ1v) is 9.46. The number of halogens is 4. The van der Waals surface area contributed by atoms with Crippen molar-refractivity contribution in [2.24, 2.45) is 0 Å². The highest BCUT2D eigenvalue weighted by atomic mass is 35.5. The van der Waals surface area contributed by atoms with E-state index in [1.807, 2.05) is 6.07 Å². The van der Waals surface area contributed by atoms with Gasteiger partial charge in [-0.05, 0) is 18.4 Å². The van der Waals surface area contributed by atoms with E-state index in [4.69, 9.17) is 17.0 Å². The van der Waals surface area contributed by atoms with E-state index in [-0.39, 0.29) is 39.1 Å². The Kier molecular flexibility index (Phi) is 6.16. The lowest BCUT2D eigenvalue weighted by molar-refractivity contribution is -0.137. The number of hydrogen-bond acceptors (Lipinski definition) is 6. The lowest BCUT2D eigenvalue weighted by Crippen LogP contribution is -2.47. The van der Waals surface area contributed by atoms with Gasteiger partial charge in [0.1, 0.15) is 11.5 Å². The summed E-state index contributed by atoms with van der Waals surface area (Å²) in [7, 11) is 0. The Balaban J connectivity index is 2.82. The molecule has 148 valence electrons. The van der Waals surface area contributed by atoms with Gasteiger partial charge >= 0.3 is 6.18 Å². The summed E-state index contributed by atoms with van der Waals surface area (Å²) in [5.41, 5.74) is -2.39. The fraction of sp³-hybridized carbons (Fsp3) is 0.278. The summed E-state index contributed by atoms with van der Waals surface area (Å²) in [6, 6.07) is 3.63. The van der Waals surface area contributed by atoms with Crippen LogP contribution in [-0.2, 0) is 16.5 Å². The van der Waals surface area contributed by atoms with Gasteiger partial charge in [0.2, 0.25) is 0 Å². The maximum Gasteiger partial charge on any atom is 0.416 e. The Labute approximate surface area is 169 Å². The molecule has 1 aliphatic rings. The first kappa shape index (κ1) is 21.9. The molecule has 28 heavy (non-hydrogen) atoms. The minimum atomic E-state index is -4.63. The molecule has 2 rings (SSSR count). The van der Waals surface area contributed by atoms with Gasteiger partial charge in [-0.3, -0.25) is 10.2 Å². The number of alkyl halides is 3. The minimum Gasteiger partial charge on any atom is -0.357 e. The van der Waals surface area contributed by atoms with E-state index in [2.05, 4.69) is 17.2 Å². The number of Topliss-reactive ketones (excluding diaryl/α,β-unsaturated/α-hetero) is 1. The van der Waals surface area contributed by atoms with Gasteiger partial charge in [-0.15, -0.1) is 18.3 Å². The van der Waals surface area contributed by atoms with Crippen LogP contribution in [0.5, 0.6) is 0 Å². The van der Waals surface area contributed by atoms with Crippen molar-refractivity contribution < 1.29 is 18.0 Å². The van der Waals surface area contributed by atoms with Crippen LogP contribution in [0.25, 0.3) is 0 Å². The maximum absolute atomic E-state index is 13.3. The second-order valence-electron chi connectivity index (χ2n) is 5.98. The number of hydrogen-bond donors (Lipinski definition) is 3. The van der Waals surface area contributed by atoms with Gasteiger partial charge in [-0.1, -0.05) is 17.7 Å². The standard InChI is InChI=1S/C18H16ClF3N4OS/c1-4-17(5-6-23)11-7-10(18(20,21)22)8-12(19)14(11)25-16(26-17)15(28-3)13(24)9(2)27/h4,7-8,24-26H,1,5H2,2-3H3/b16-15-,24-13?. The van der Waals surface area contributed by atoms with Gasteiger partial charge in [-0.2, -0.15) is 18.4 Å². The molecule has 1 heterocycles. The predicted molar refractivity (Wildman–Crippen MR) is 104 cm³/mol. The van der Waals surface area contributed by atoms with E-state index in [1.54, 1.807) is 6.26 Å². The summed E-state index contributed by atoms with van der Waals surface area (Å²) in [5.74, 6) is -0.300. The van der Waals surface area contributed by atoms with E-state index in [0.717, 1.165) is 23.9 Å². The van der Waals surface area contributed by atoms with E-state index in [1.165, 1.54) is 13.0 Å². The summed E-state index contributed by atoms with van der Waals surface area (Å²) in [6.45, 7) is 4.91. The first-order chi connectivity index (χ1) is 13.0. The van der Waals surface area contributed by atoms with Crippen molar-refractivity contribution in [3.63, 3.8) is 0 Å². The number of nitrogens with zero attached hydrogens (tertiary/aromatic N) is 1. The van der Waals surface area contributed by atoms with Gasteiger partial charge < -0.3 is 10.6 Å². The third kappa shape index (κ3) is 3.88. The zero-order valence-corrected chi connectivity index (χ0v) is 16.5. The summed E-state index contributed by atoms with van der Waals surface area (Å²) in [5, 5.41) is 22.9. The van der Waals surface area contributed by atoms with Crippen molar-refractivity contribution in [3.8, 4) is 6.07 Å². The fourth-order valence-corrected chi connectivity index (χ4v) is 3.72. The molecule has 1 atom stereocenters. The zero-order valence-electron chi connectivity index (χ0n) is 14.9. The van der Waals surface area contributed by atoms with Crippen molar-refractivity contribution in [2.45, 2.75) is 25.1 Å². The minimum absolute atomic E-state index is 0.0995. The second kappa shape index (κ2) is 7.89. The molecule has 1 aromatic carbocycles. The van der Waals surface area contributed by atoms with Crippen LogP contribution in [0, 0.1) is 16.7 Å². The Morgan fingerprint density at radius 2 is 2.14 bits per heavy atom. The number of nitrogens with one attached hydrogen (secondary N) is 3. The molecule has 5 nitrogen and oxygen atoms in total. The second-order valence-corrected chi connectivity index (χ2v) is 7.20. The maximum atomic E-state index is 13.3. The summed E-state index contributed by atoms with van der Waals surface area (Å²) >= 11 is 7.23. The van der Waals surface area contributed by atoms with Crippen LogP contribution in [0.4, 0.5) is 18.9 Å². The monoisotopic (exact) mass is 428 g/mol. The molecule has 0 aromatic heterocycles. The summed E-state index contributed by atoms with van der Waals surface area (Å²) in [4.78, 5) is 11.9. The Hall–Kier alpha value is -2.44. The van der Waals surface area contributed by atoms with Gasteiger partial charge in [0.25, 0.3) is 0 Å². The van der Waals surface area contributed by atoms with Crippen LogP contribution in [0.3, 0.4) is 0 Å². The number of thioether (sulfide) groups is 1. The van der Waals surface area contributed by atoms with Gasteiger partial charge in [0.15, 0.2) is 5.78 Å². The molecule has 0 spiro atoms. The third-order valence-corrected chi connectivity index (χ3v) is 5.33. The van der Waals surface area contributed by atoms with Crippen LogP contribution >= 0.6 is 23.4 Å². The number of rotatable bonds is 5. The van der Waals surface area contributed by atoms with Crippen LogP contribution in [0.15, 0.2) is 35.5 Å². The summed E-state index contributed by atoms with van der Waals surface area (Å²) < 4.78 is 39.8. The molecule has 0 saturated heterocycles. The smallest absolute Gasteiger partial charge is 0.357 e. The molecule has 0 fully saturated rings. The van der Waals surface area contributed by atoms with Gasteiger partial charge in [0, 0.05) is 12.5 Å². The van der Waals surface area contributed by atoms with Crippen LogP contribution in [-0.4, -0.2) is 17.8 Å². The van der Waals surface area contributed by atoms with Crippen molar-refractivity contribution in [3.05, 3.63) is 51.7 Å². The van der Waals surface area contributed by atoms with E-state index >= 15 is 0 Å². The number of carbonyl (C=O) groups is 1. The molecule has 1 unspecified atom stereocenters. The molecule has 0 radical (unpaired) electrons. The lowest BCUT2D eigenvalue weighted by Gasteiger charge is -2.40. The molecule has 0 saturated carbocycles. The normalized spacial score (nSPS) is 20.2. The van der Waals surface area contributed by atoms with E-state index in [0.29, 0.717) is 0 Å². The highest BCUT2D eigenvalue weighted by Crippen LogP contribution is 2.45. The molecular formula is C18H16ClF3N4OS. The lowest BCUT2D eigenvalue weighted by atomic mass is 9.83. The Morgan fingerprint density at radius 3 is 2.61 bits per heavy atom. The molecule has 1 aromatic rings. The van der Waals surface area contributed by atoms with Gasteiger partial charge in [-0.25, -0.2) is 0 Å². The van der Waals surface area contributed by atoms with Crippen molar-refractivity contribution >= 4 is 40.5 Å². The van der Waals surface area contributed by atoms with Crippen molar-refractivity contribution in [2.75, 3.05) is 11.6 Å². The molecule has 0 aliphatic carbocycles. The zero-order chi connectivity index (χ0) is 21.3. The molecule has 3 N–H and O–H groups in total. The number of carbonyl (C=O) groups excluding carboxylic acids is 1. The van der Waals surface area contributed by atoms with Crippen LogP contribution in [0.1, 0.15) is 24.5 Å². The molecule has 0 bridgehead atoms. The third-order valence-electron chi connectivity index (χ3n) is 4.21. The highest BCUT2D eigenvalue weighted by molar-refractivity contribution is 8.03. The average Bonchev–Trinajstić information content (AvgIpc) is 2.62. The number of anilines is 1. The van der Waals surface area contributed by atoms with Crippen LogP contribution in [0.2, 0.25) is 5.02 Å². The Bertz CT molecular complexity index is 936. The van der Waals surface area contributed by atoms with Crippen LogP contribution < -0.4 is 10.6 Å². The average molecular weight is 429 g/mol. The quantitative estimate of drug-likeness (QED) is 0.462. The number of nitriles is 1.